The summed E-state index contributed by atoms with van der Waals surface area (Å²) in [7, 11) is 0. The first-order chi connectivity index (χ1) is 13.5. The first-order valence-corrected chi connectivity index (χ1v) is 9.62. The van der Waals surface area contributed by atoms with Crippen molar-refractivity contribution in [3.63, 3.8) is 0 Å². The topological polar surface area (TPSA) is 102 Å². The van der Waals surface area contributed by atoms with Gasteiger partial charge < -0.3 is 9.32 Å². The maximum atomic E-state index is 12.7. The number of non-ortho nitro benzene ring substituents is 1. The fraction of sp³-hybridized carbons (Fsp3) is 0.211. The number of fused-ring (bicyclic) bond motifs is 1. The highest BCUT2D eigenvalue weighted by molar-refractivity contribution is 7.99. The van der Waals surface area contributed by atoms with Gasteiger partial charge in [0, 0.05) is 29.4 Å². The number of anilines is 1. The van der Waals surface area contributed by atoms with Crippen LogP contribution in [0.4, 0.5) is 11.4 Å². The van der Waals surface area contributed by atoms with Crippen molar-refractivity contribution in [2.45, 2.75) is 24.6 Å². The average molecular weight is 396 g/mol. The molecule has 8 nitrogen and oxygen atoms in total. The van der Waals surface area contributed by atoms with Crippen molar-refractivity contribution in [3.8, 4) is 11.5 Å². The number of nitro benzene ring substituents is 1. The molecule has 0 N–H and O–H groups in total. The van der Waals surface area contributed by atoms with Gasteiger partial charge in [-0.25, -0.2) is 0 Å². The predicted octanol–water partition coefficient (Wildman–Crippen LogP) is 3.71. The molecule has 0 spiro atoms. The molecule has 1 amide bonds. The molecular weight excluding hydrogens is 380 g/mol. The molecule has 0 saturated carbocycles. The number of carbonyl (C=O) groups is 1. The van der Waals surface area contributed by atoms with Crippen molar-refractivity contribution in [3.05, 3.63) is 64.2 Å². The molecule has 0 aliphatic carbocycles. The summed E-state index contributed by atoms with van der Waals surface area (Å²) in [4.78, 5) is 25.0. The van der Waals surface area contributed by atoms with Gasteiger partial charge in [0.05, 0.1) is 10.7 Å². The summed E-state index contributed by atoms with van der Waals surface area (Å²) in [5.74, 6) is 0.311. The molecule has 0 radical (unpaired) electrons. The van der Waals surface area contributed by atoms with Gasteiger partial charge in [-0.2, -0.15) is 0 Å². The van der Waals surface area contributed by atoms with Crippen LogP contribution in [0.3, 0.4) is 0 Å². The van der Waals surface area contributed by atoms with Crippen LogP contribution in [0.2, 0.25) is 0 Å². The molecule has 0 unspecified atom stereocenters. The van der Waals surface area contributed by atoms with Crippen LogP contribution < -0.4 is 4.90 Å². The zero-order valence-electron chi connectivity index (χ0n) is 14.9. The Morgan fingerprint density at radius 1 is 1.29 bits per heavy atom. The summed E-state index contributed by atoms with van der Waals surface area (Å²) in [6, 6.07) is 14.0. The Bertz CT molecular complexity index is 1050. The van der Waals surface area contributed by atoms with Gasteiger partial charge in [0.2, 0.25) is 11.8 Å². The molecule has 0 fully saturated rings. The number of hydrogen-bond donors (Lipinski definition) is 0. The molecule has 1 aliphatic heterocycles. The smallest absolute Gasteiger partial charge is 0.277 e. The predicted molar refractivity (Wildman–Crippen MR) is 104 cm³/mol. The number of rotatable bonds is 5. The van der Waals surface area contributed by atoms with Crippen LogP contribution in [-0.4, -0.2) is 32.8 Å². The van der Waals surface area contributed by atoms with Gasteiger partial charge >= 0.3 is 0 Å². The van der Waals surface area contributed by atoms with Crippen LogP contribution in [0, 0.1) is 10.1 Å². The van der Waals surface area contributed by atoms with Crippen molar-refractivity contribution in [2.24, 2.45) is 0 Å². The van der Waals surface area contributed by atoms with E-state index in [-0.39, 0.29) is 34.5 Å². The number of amides is 1. The highest BCUT2D eigenvalue weighted by Crippen LogP contribution is 2.33. The van der Waals surface area contributed by atoms with Crippen LogP contribution in [0.15, 0.2) is 58.2 Å². The van der Waals surface area contributed by atoms with E-state index in [0.717, 1.165) is 23.9 Å². The Balaban J connectivity index is 1.45. The number of aromatic nitrogens is 2. The number of nitrogens with zero attached hydrogens (tertiary/aromatic N) is 4. The molecule has 4 rings (SSSR count). The Hall–Kier alpha value is -3.20. The van der Waals surface area contributed by atoms with Crippen molar-refractivity contribution in [1.29, 1.82) is 0 Å². The summed E-state index contributed by atoms with van der Waals surface area (Å²) in [6.07, 6.45) is 0.837. The van der Waals surface area contributed by atoms with Crippen LogP contribution in [0.5, 0.6) is 0 Å². The lowest BCUT2D eigenvalue weighted by Crippen LogP contribution is -2.36. The second-order valence-corrected chi connectivity index (χ2v) is 7.34. The van der Waals surface area contributed by atoms with E-state index < -0.39 is 4.92 Å². The van der Waals surface area contributed by atoms with Gasteiger partial charge in [-0.15, -0.1) is 10.2 Å². The number of thioether (sulfide) groups is 1. The minimum Gasteiger partial charge on any atom is -0.411 e. The summed E-state index contributed by atoms with van der Waals surface area (Å²) < 4.78 is 5.56. The van der Waals surface area contributed by atoms with Gasteiger partial charge in [0.15, 0.2) is 0 Å². The Morgan fingerprint density at radius 3 is 2.93 bits per heavy atom. The maximum absolute atomic E-state index is 12.7. The minimum atomic E-state index is -0.483. The van der Waals surface area contributed by atoms with Crippen LogP contribution in [0.25, 0.3) is 11.5 Å². The van der Waals surface area contributed by atoms with E-state index in [1.165, 1.54) is 17.7 Å². The fourth-order valence-electron chi connectivity index (χ4n) is 3.28. The van der Waals surface area contributed by atoms with E-state index >= 15 is 0 Å². The highest BCUT2D eigenvalue weighted by Gasteiger charge is 2.30. The molecule has 0 saturated heterocycles. The molecule has 2 aromatic carbocycles. The second-order valence-electron chi connectivity index (χ2n) is 6.41. The molecule has 28 heavy (non-hydrogen) atoms. The standard InChI is InChI=1S/C19H16N4O4S/c1-12-9-13-5-2-3-8-16(13)22(12)17(24)11-28-19-21-20-18(27-19)14-6-4-7-15(10-14)23(25)26/h2-8,10,12H,9,11H2,1H3/t12-/m1/s1. The van der Waals surface area contributed by atoms with Crippen molar-refractivity contribution < 1.29 is 14.1 Å². The first-order valence-electron chi connectivity index (χ1n) is 8.64. The molecule has 1 atom stereocenters. The van der Waals surface area contributed by atoms with E-state index in [1.807, 2.05) is 31.2 Å². The van der Waals surface area contributed by atoms with E-state index in [4.69, 9.17) is 4.42 Å². The van der Waals surface area contributed by atoms with Crippen LogP contribution >= 0.6 is 11.8 Å². The van der Waals surface area contributed by atoms with Crippen molar-refractivity contribution in [2.75, 3.05) is 10.7 Å². The monoisotopic (exact) mass is 396 g/mol. The molecule has 142 valence electrons. The number of nitro groups is 1. The molecule has 9 heteroatoms. The van der Waals surface area contributed by atoms with Crippen LogP contribution in [-0.2, 0) is 11.2 Å². The molecule has 0 bridgehead atoms. The Morgan fingerprint density at radius 2 is 2.11 bits per heavy atom. The Kier molecular flexibility index (Phi) is 4.82. The van der Waals surface area contributed by atoms with E-state index in [0.29, 0.717) is 5.56 Å². The summed E-state index contributed by atoms with van der Waals surface area (Å²) in [5, 5.41) is 19.0. The lowest BCUT2D eigenvalue weighted by molar-refractivity contribution is -0.384. The number of benzene rings is 2. The Labute approximate surface area is 164 Å². The molecule has 1 aliphatic rings. The minimum absolute atomic E-state index is 0.0300. The van der Waals surface area contributed by atoms with E-state index in [2.05, 4.69) is 10.2 Å². The third-order valence-corrected chi connectivity index (χ3v) is 5.31. The largest absolute Gasteiger partial charge is 0.411 e. The van der Waals surface area contributed by atoms with Crippen LogP contribution in [0.1, 0.15) is 12.5 Å². The number of hydrogen-bond acceptors (Lipinski definition) is 7. The lowest BCUT2D eigenvalue weighted by Gasteiger charge is -2.22. The van der Waals surface area contributed by atoms with Gasteiger partial charge in [0.1, 0.15) is 0 Å². The van der Waals surface area contributed by atoms with Gasteiger partial charge in [-0.05, 0) is 31.0 Å². The molecule has 2 heterocycles. The third kappa shape index (κ3) is 3.48. The number of carbonyl (C=O) groups excluding carboxylic acids is 1. The summed E-state index contributed by atoms with van der Waals surface area (Å²) in [5.41, 5.74) is 2.52. The van der Waals surface area contributed by atoms with E-state index in [9.17, 15) is 14.9 Å². The highest BCUT2D eigenvalue weighted by atomic mass is 32.2. The molecular formula is C19H16N4O4S. The summed E-state index contributed by atoms with van der Waals surface area (Å²) >= 11 is 1.15. The number of para-hydroxylation sites is 1. The van der Waals surface area contributed by atoms with Gasteiger partial charge in [0.25, 0.3) is 10.9 Å². The average Bonchev–Trinajstić information content (AvgIpc) is 3.30. The zero-order valence-corrected chi connectivity index (χ0v) is 15.8. The van der Waals surface area contributed by atoms with Gasteiger partial charge in [-0.3, -0.25) is 14.9 Å². The molecule has 3 aromatic rings. The van der Waals surface area contributed by atoms with Crippen molar-refractivity contribution >= 4 is 29.0 Å². The SMILES string of the molecule is C[C@@H]1Cc2ccccc2N1C(=O)CSc1nnc(-c2cccc([N+](=O)[O-])c2)o1. The third-order valence-electron chi connectivity index (χ3n) is 4.51. The normalized spacial score (nSPS) is 15.5. The fourth-order valence-corrected chi connectivity index (χ4v) is 3.90. The quantitative estimate of drug-likeness (QED) is 0.368. The first kappa shape index (κ1) is 18.2. The second kappa shape index (κ2) is 7.43. The lowest BCUT2D eigenvalue weighted by atomic mass is 10.1. The van der Waals surface area contributed by atoms with Gasteiger partial charge in [-0.1, -0.05) is 36.0 Å². The van der Waals surface area contributed by atoms with Crippen molar-refractivity contribution in [1.82, 2.24) is 10.2 Å². The molecule has 1 aromatic heterocycles. The van der Waals surface area contributed by atoms with E-state index in [1.54, 1.807) is 17.0 Å². The zero-order chi connectivity index (χ0) is 19.7. The summed E-state index contributed by atoms with van der Waals surface area (Å²) in [6.45, 7) is 2.02. The maximum Gasteiger partial charge on any atom is 0.277 e.